The standard InChI is InChI=1S/C19H9F3N6O/c20-19(21,22)17-26-7-11-14-10-6-9(27-18-23-4-1-5-24-18)2-3-13(10)25-8-12(14)16(29)15(11)28-17/h1-8H,(H,23,24,27). The summed E-state index contributed by atoms with van der Waals surface area (Å²) in [5, 5.41) is 3.62. The molecular formula is C19H9F3N6O. The van der Waals surface area contributed by atoms with Crippen LogP contribution in [0.25, 0.3) is 22.0 Å². The van der Waals surface area contributed by atoms with Crippen molar-refractivity contribution in [3.05, 3.63) is 66.1 Å². The summed E-state index contributed by atoms with van der Waals surface area (Å²) in [4.78, 5) is 32.0. The van der Waals surface area contributed by atoms with Crippen LogP contribution in [-0.2, 0) is 6.18 Å². The fourth-order valence-corrected chi connectivity index (χ4v) is 3.23. The molecule has 0 saturated carbocycles. The molecule has 5 rings (SSSR count). The molecule has 0 radical (unpaired) electrons. The SMILES string of the molecule is O=C1c2cnc3ccc(Nc4ncccn4)cc3c2-c2cnc(C(F)(F)F)nc21. The van der Waals surface area contributed by atoms with Crippen LogP contribution in [0.3, 0.4) is 0 Å². The fourth-order valence-electron chi connectivity index (χ4n) is 3.23. The van der Waals surface area contributed by atoms with Crippen molar-refractivity contribution in [1.82, 2.24) is 24.9 Å². The average Bonchev–Trinajstić information content (AvgIpc) is 3.00. The minimum atomic E-state index is -4.74. The number of anilines is 2. The van der Waals surface area contributed by atoms with Crippen molar-refractivity contribution < 1.29 is 18.0 Å². The first kappa shape index (κ1) is 17.2. The number of carbonyl (C=O) groups excluding carboxylic acids is 1. The van der Waals surface area contributed by atoms with Gasteiger partial charge in [0.2, 0.25) is 17.6 Å². The van der Waals surface area contributed by atoms with Gasteiger partial charge in [0, 0.05) is 47.0 Å². The lowest BCUT2D eigenvalue weighted by Gasteiger charge is -2.09. The smallest absolute Gasteiger partial charge is 0.324 e. The molecule has 7 nitrogen and oxygen atoms in total. The van der Waals surface area contributed by atoms with Crippen LogP contribution in [0.1, 0.15) is 21.9 Å². The number of nitrogens with one attached hydrogen (secondary N) is 1. The van der Waals surface area contributed by atoms with Crippen LogP contribution in [0.4, 0.5) is 24.8 Å². The zero-order valence-electron chi connectivity index (χ0n) is 14.4. The number of fused-ring (bicyclic) bond motifs is 5. The monoisotopic (exact) mass is 394 g/mol. The highest BCUT2D eigenvalue weighted by Crippen LogP contribution is 2.41. The first-order valence-corrected chi connectivity index (χ1v) is 8.38. The van der Waals surface area contributed by atoms with Crippen LogP contribution < -0.4 is 5.32 Å². The molecule has 0 amide bonds. The van der Waals surface area contributed by atoms with E-state index in [1.54, 1.807) is 36.7 Å². The Bertz CT molecular complexity index is 1290. The van der Waals surface area contributed by atoms with E-state index in [9.17, 15) is 18.0 Å². The Balaban J connectivity index is 1.68. The van der Waals surface area contributed by atoms with Gasteiger partial charge in [-0.05, 0) is 24.3 Å². The zero-order chi connectivity index (χ0) is 20.2. The predicted octanol–water partition coefficient (Wildman–Crippen LogP) is 3.79. The Morgan fingerprint density at radius 3 is 2.45 bits per heavy atom. The largest absolute Gasteiger partial charge is 0.451 e. The van der Waals surface area contributed by atoms with Crippen LogP contribution in [0.15, 0.2) is 49.1 Å². The Kier molecular flexibility index (Phi) is 3.57. The van der Waals surface area contributed by atoms with E-state index in [0.29, 0.717) is 28.1 Å². The van der Waals surface area contributed by atoms with E-state index >= 15 is 0 Å². The number of rotatable bonds is 2. The highest BCUT2D eigenvalue weighted by molar-refractivity contribution is 6.24. The lowest BCUT2D eigenvalue weighted by Crippen LogP contribution is -2.13. The topological polar surface area (TPSA) is 93.6 Å². The molecule has 0 bridgehead atoms. The van der Waals surface area contributed by atoms with E-state index in [1.807, 2.05) is 0 Å². The zero-order valence-corrected chi connectivity index (χ0v) is 14.4. The number of alkyl halides is 3. The normalized spacial score (nSPS) is 12.7. The van der Waals surface area contributed by atoms with Gasteiger partial charge in [0.1, 0.15) is 5.69 Å². The summed E-state index contributed by atoms with van der Waals surface area (Å²) in [5.41, 5.74) is 1.83. The van der Waals surface area contributed by atoms with Gasteiger partial charge in [-0.2, -0.15) is 13.2 Å². The van der Waals surface area contributed by atoms with Crippen molar-refractivity contribution in [2.24, 2.45) is 0 Å². The average molecular weight is 394 g/mol. The molecule has 1 aromatic carbocycles. The molecule has 0 unspecified atom stereocenters. The number of nitrogens with zero attached hydrogens (tertiary/aromatic N) is 5. The van der Waals surface area contributed by atoms with Crippen LogP contribution in [0, 0.1) is 0 Å². The maximum atomic E-state index is 13.0. The highest BCUT2D eigenvalue weighted by Gasteiger charge is 2.38. The van der Waals surface area contributed by atoms with Gasteiger partial charge in [-0.1, -0.05) is 0 Å². The molecule has 3 heterocycles. The third-order valence-electron chi connectivity index (χ3n) is 4.46. The predicted molar refractivity (Wildman–Crippen MR) is 96.5 cm³/mol. The van der Waals surface area contributed by atoms with Gasteiger partial charge in [-0.15, -0.1) is 0 Å². The van der Waals surface area contributed by atoms with Gasteiger partial charge >= 0.3 is 6.18 Å². The van der Waals surface area contributed by atoms with E-state index in [4.69, 9.17) is 0 Å². The maximum absolute atomic E-state index is 13.0. The number of ketones is 1. The quantitative estimate of drug-likeness (QED) is 0.487. The van der Waals surface area contributed by atoms with Crippen molar-refractivity contribution >= 4 is 28.3 Å². The minimum Gasteiger partial charge on any atom is -0.324 e. The number of aromatic nitrogens is 5. The number of pyridine rings is 1. The summed E-state index contributed by atoms with van der Waals surface area (Å²) < 4.78 is 38.9. The molecule has 0 spiro atoms. The lowest BCUT2D eigenvalue weighted by atomic mass is 10.0. The lowest BCUT2D eigenvalue weighted by molar-refractivity contribution is -0.145. The number of hydrogen-bond acceptors (Lipinski definition) is 7. The number of halogens is 3. The molecule has 0 saturated heterocycles. The second-order valence-electron chi connectivity index (χ2n) is 6.26. The van der Waals surface area contributed by atoms with Crippen LogP contribution >= 0.6 is 0 Å². The van der Waals surface area contributed by atoms with Gasteiger partial charge in [-0.3, -0.25) is 9.78 Å². The summed E-state index contributed by atoms with van der Waals surface area (Å²) in [5.74, 6) is -1.58. The van der Waals surface area contributed by atoms with Crippen molar-refractivity contribution in [2.45, 2.75) is 6.18 Å². The second-order valence-corrected chi connectivity index (χ2v) is 6.26. The van der Waals surface area contributed by atoms with Gasteiger partial charge in [0.15, 0.2) is 0 Å². The van der Waals surface area contributed by atoms with Crippen molar-refractivity contribution in [3.63, 3.8) is 0 Å². The van der Waals surface area contributed by atoms with E-state index in [-0.39, 0.29) is 16.8 Å². The van der Waals surface area contributed by atoms with Gasteiger partial charge in [-0.25, -0.2) is 19.9 Å². The van der Waals surface area contributed by atoms with E-state index in [1.165, 1.54) is 6.20 Å². The van der Waals surface area contributed by atoms with E-state index < -0.39 is 17.8 Å². The van der Waals surface area contributed by atoms with E-state index in [2.05, 4.69) is 30.2 Å². The van der Waals surface area contributed by atoms with Crippen LogP contribution in [0.5, 0.6) is 0 Å². The van der Waals surface area contributed by atoms with Crippen LogP contribution in [0.2, 0.25) is 0 Å². The Hall–Kier alpha value is -3.95. The molecular weight excluding hydrogens is 385 g/mol. The molecule has 1 aliphatic carbocycles. The molecule has 142 valence electrons. The molecule has 3 aromatic heterocycles. The molecule has 1 aliphatic rings. The first-order chi connectivity index (χ1) is 13.9. The third kappa shape index (κ3) is 2.76. The molecule has 1 N–H and O–H groups in total. The second kappa shape index (κ2) is 6.03. The highest BCUT2D eigenvalue weighted by atomic mass is 19.4. The molecule has 0 atom stereocenters. The van der Waals surface area contributed by atoms with Crippen molar-refractivity contribution in [3.8, 4) is 11.1 Å². The summed E-state index contributed by atoms with van der Waals surface area (Å²) in [6.07, 6.45) is 0.814. The van der Waals surface area contributed by atoms with Gasteiger partial charge in [0.25, 0.3) is 0 Å². The van der Waals surface area contributed by atoms with Crippen molar-refractivity contribution in [2.75, 3.05) is 5.32 Å². The summed E-state index contributed by atoms with van der Waals surface area (Å²) in [7, 11) is 0. The van der Waals surface area contributed by atoms with E-state index in [0.717, 1.165) is 6.20 Å². The number of hydrogen-bond donors (Lipinski definition) is 1. The molecule has 0 aliphatic heterocycles. The Labute approximate surface area is 160 Å². The number of carbonyl (C=O) groups is 1. The van der Waals surface area contributed by atoms with Crippen molar-refractivity contribution in [1.29, 1.82) is 0 Å². The van der Waals surface area contributed by atoms with Crippen LogP contribution in [-0.4, -0.2) is 30.7 Å². The summed E-state index contributed by atoms with van der Waals surface area (Å²) in [6, 6.07) is 6.91. The molecule has 0 fully saturated rings. The summed E-state index contributed by atoms with van der Waals surface area (Å²) in [6.45, 7) is 0. The molecule has 10 heteroatoms. The molecule has 29 heavy (non-hydrogen) atoms. The minimum absolute atomic E-state index is 0.189. The summed E-state index contributed by atoms with van der Waals surface area (Å²) >= 11 is 0. The Morgan fingerprint density at radius 1 is 0.931 bits per heavy atom. The Morgan fingerprint density at radius 2 is 1.69 bits per heavy atom. The van der Waals surface area contributed by atoms with Gasteiger partial charge in [0.05, 0.1) is 11.1 Å². The fraction of sp³-hybridized carbons (Fsp3) is 0.0526. The first-order valence-electron chi connectivity index (χ1n) is 8.38. The number of benzene rings is 1. The van der Waals surface area contributed by atoms with Gasteiger partial charge < -0.3 is 5.32 Å². The molecule has 4 aromatic rings. The third-order valence-corrected chi connectivity index (χ3v) is 4.46. The maximum Gasteiger partial charge on any atom is 0.451 e.